The van der Waals surface area contributed by atoms with Gasteiger partial charge in [0.25, 0.3) is 0 Å². The predicted molar refractivity (Wildman–Crippen MR) is 409 cm³/mol. The molecular formula is C91H55N7. The van der Waals surface area contributed by atoms with Gasteiger partial charge in [0.2, 0.25) is 0 Å². The highest BCUT2D eigenvalue weighted by Crippen LogP contribution is 2.53. The molecule has 0 aliphatic carbocycles. The van der Waals surface area contributed by atoms with Gasteiger partial charge in [0.15, 0.2) is 17.5 Å². The van der Waals surface area contributed by atoms with Gasteiger partial charge in [-0.25, -0.2) is 15.0 Å². The van der Waals surface area contributed by atoms with E-state index in [4.69, 9.17) is 15.0 Å². The fourth-order valence-electron chi connectivity index (χ4n) is 16.3. The second-order valence-electron chi connectivity index (χ2n) is 25.7. The molecule has 7 heteroatoms. The Labute approximate surface area is 561 Å². The van der Waals surface area contributed by atoms with Gasteiger partial charge in [-0.2, -0.15) is 0 Å². The van der Waals surface area contributed by atoms with Crippen molar-refractivity contribution in [3.05, 3.63) is 334 Å². The summed E-state index contributed by atoms with van der Waals surface area (Å²) in [5.74, 6) is 2.13. The summed E-state index contributed by atoms with van der Waals surface area (Å²) < 4.78 is 10.2. The van der Waals surface area contributed by atoms with Crippen LogP contribution in [0.25, 0.3) is 198 Å². The highest BCUT2D eigenvalue weighted by molar-refractivity contribution is 6.25. The van der Waals surface area contributed by atoms with Gasteiger partial charge in [0, 0.05) is 86.9 Å². The lowest BCUT2D eigenvalue weighted by atomic mass is 9.93. The highest BCUT2D eigenvalue weighted by Gasteiger charge is 2.35. The van der Waals surface area contributed by atoms with Crippen LogP contribution in [-0.2, 0) is 0 Å². The summed E-state index contributed by atoms with van der Waals surface area (Å²) in [4.78, 5) is 18.0. The quantitative estimate of drug-likeness (QED) is 0.152. The molecule has 0 saturated carbocycles. The summed E-state index contributed by atoms with van der Waals surface area (Å²) in [5, 5.41) is 18.1. The third kappa shape index (κ3) is 7.84. The molecule has 6 aromatic heterocycles. The fraction of sp³-hybridized carbons (Fsp3) is 0. The van der Waals surface area contributed by atoms with E-state index in [1.807, 2.05) is 0 Å². The van der Waals surface area contributed by atoms with E-state index >= 15 is 0 Å². The Morgan fingerprint density at radius 3 is 0.918 bits per heavy atom. The SMILES string of the molecule is c1ccc(-c2cc(-c3ccccc3-c3c(-n4c5ccccc5c5ccc6ccccc6c54)c(-n4c5ccccc5c5ccc6ccccc6c54)nc(-n4c5ccccc5c5ccc6ccccc6c54)c3-n3c4ccccc4c4ccc5ccccc5c43)nc(-c3ccccc3)n2)cc1. The van der Waals surface area contributed by atoms with E-state index < -0.39 is 0 Å². The molecule has 0 amide bonds. The molecule has 0 atom stereocenters. The molecule has 7 nitrogen and oxygen atoms in total. The Kier molecular flexibility index (Phi) is 11.7. The van der Waals surface area contributed by atoms with Crippen molar-refractivity contribution in [2.45, 2.75) is 0 Å². The number of rotatable bonds is 8. The molecule has 98 heavy (non-hydrogen) atoms. The number of fused-ring (bicyclic) bond motifs is 20. The zero-order chi connectivity index (χ0) is 64.1. The van der Waals surface area contributed by atoms with E-state index in [2.05, 4.69) is 352 Å². The van der Waals surface area contributed by atoms with Crippen molar-refractivity contribution in [1.82, 2.24) is 33.2 Å². The Balaban J connectivity index is 1.10. The smallest absolute Gasteiger partial charge is 0.165 e. The molecule has 0 bridgehead atoms. The molecule has 0 unspecified atom stereocenters. The topological polar surface area (TPSA) is 58.4 Å². The molecule has 15 aromatic carbocycles. The van der Waals surface area contributed by atoms with Crippen LogP contribution in [-0.4, -0.2) is 33.2 Å². The minimum absolute atomic E-state index is 0.630. The molecule has 0 saturated heterocycles. The number of hydrogen-bond acceptors (Lipinski definition) is 3. The van der Waals surface area contributed by atoms with Crippen molar-refractivity contribution in [1.29, 1.82) is 0 Å². The molecule has 21 aromatic rings. The maximum atomic E-state index is 6.83. The van der Waals surface area contributed by atoms with Gasteiger partial charge in [-0.15, -0.1) is 0 Å². The summed E-state index contributed by atoms with van der Waals surface area (Å²) in [6.07, 6.45) is 0. The van der Waals surface area contributed by atoms with E-state index in [9.17, 15) is 0 Å². The number of nitrogens with zero attached hydrogens (tertiary/aromatic N) is 7. The largest absolute Gasteiger partial charge is 0.305 e. The van der Waals surface area contributed by atoms with Gasteiger partial charge in [-0.05, 0) is 57.4 Å². The third-order valence-corrected chi connectivity index (χ3v) is 20.5. The second kappa shape index (κ2) is 21.1. The van der Waals surface area contributed by atoms with Crippen LogP contribution in [0.3, 0.4) is 0 Å². The van der Waals surface area contributed by atoms with Gasteiger partial charge < -0.3 is 9.13 Å². The first-order valence-corrected chi connectivity index (χ1v) is 33.5. The van der Waals surface area contributed by atoms with E-state index in [1.165, 1.54) is 0 Å². The van der Waals surface area contributed by atoms with Crippen LogP contribution < -0.4 is 0 Å². The van der Waals surface area contributed by atoms with Crippen molar-refractivity contribution in [2.75, 3.05) is 0 Å². The average Bonchev–Trinajstić information content (AvgIpc) is 1.48. The molecule has 0 radical (unpaired) electrons. The van der Waals surface area contributed by atoms with Crippen molar-refractivity contribution in [3.63, 3.8) is 0 Å². The van der Waals surface area contributed by atoms with E-state index in [-0.39, 0.29) is 0 Å². The monoisotopic (exact) mass is 1250 g/mol. The van der Waals surface area contributed by atoms with Crippen LogP contribution in [0, 0.1) is 0 Å². The van der Waals surface area contributed by atoms with Crippen molar-refractivity contribution >= 4 is 130 Å². The van der Waals surface area contributed by atoms with E-state index in [0.717, 1.165) is 193 Å². The maximum absolute atomic E-state index is 6.83. The first-order valence-electron chi connectivity index (χ1n) is 33.5. The molecule has 0 N–H and O–H groups in total. The zero-order valence-electron chi connectivity index (χ0n) is 52.9. The fourth-order valence-corrected chi connectivity index (χ4v) is 16.3. The first kappa shape index (κ1) is 54.2. The van der Waals surface area contributed by atoms with Gasteiger partial charge in [0.05, 0.1) is 55.5 Å². The highest BCUT2D eigenvalue weighted by atomic mass is 15.2. The standard InChI is InChI=1S/C91H55N7/c1-3-29-60(30-4-1)76-55-77(93-89(92-76)61-31-5-2-6-32-61)66-37-15-16-42-71(66)82-87(95-78-43-21-17-38-67(78)72-51-47-56-25-7-11-33-62(56)83(72)95)90(97-80-45-23-19-40-69(80)74-53-49-58-27-9-13-35-64(58)85(74)97)94-91(98-81-46-24-20-41-70(81)75-54-50-59-28-10-14-36-65(59)86(75)98)88(82)96-79-44-22-18-39-68(79)73-52-48-57-26-8-12-34-63(57)84(73)96/h1-55H. The summed E-state index contributed by atoms with van der Waals surface area (Å²) in [6.45, 7) is 0. The van der Waals surface area contributed by atoms with Gasteiger partial charge in [-0.3, -0.25) is 9.13 Å². The summed E-state index contributed by atoms with van der Waals surface area (Å²) >= 11 is 0. The normalized spacial score (nSPS) is 12.1. The second-order valence-corrected chi connectivity index (χ2v) is 25.7. The minimum atomic E-state index is 0.630. The predicted octanol–water partition coefficient (Wildman–Crippen LogP) is 23.5. The number of benzene rings is 15. The maximum Gasteiger partial charge on any atom is 0.165 e. The van der Waals surface area contributed by atoms with Crippen LogP contribution in [0.15, 0.2) is 334 Å². The lowest BCUT2D eigenvalue weighted by Crippen LogP contribution is -2.16. The zero-order valence-corrected chi connectivity index (χ0v) is 52.9. The van der Waals surface area contributed by atoms with Crippen LogP contribution in [0.5, 0.6) is 0 Å². The number of hydrogen-bond donors (Lipinski definition) is 0. The summed E-state index contributed by atoms with van der Waals surface area (Å²) in [7, 11) is 0. The van der Waals surface area contributed by atoms with Gasteiger partial charge in [0.1, 0.15) is 11.4 Å². The number of para-hydroxylation sites is 4. The lowest BCUT2D eigenvalue weighted by Gasteiger charge is -2.28. The summed E-state index contributed by atoms with van der Waals surface area (Å²) in [5.41, 5.74) is 16.5. The Hall–Kier alpha value is -13.2. The molecule has 0 aliphatic heterocycles. The van der Waals surface area contributed by atoms with Crippen LogP contribution in [0.2, 0.25) is 0 Å². The lowest BCUT2D eigenvalue weighted by molar-refractivity contribution is 0.964. The molecule has 21 rings (SSSR count). The molecule has 0 aliphatic rings. The van der Waals surface area contributed by atoms with Crippen LogP contribution in [0.1, 0.15) is 0 Å². The molecular weight excluding hydrogens is 1190 g/mol. The van der Waals surface area contributed by atoms with Crippen molar-refractivity contribution in [2.24, 2.45) is 0 Å². The minimum Gasteiger partial charge on any atom is -0.305 e. The molecule has 0 spiro atoms. The number of aromatic nitrogens is 7. The Morgan fingerprint density at radius 1 is 0.204 bits per heavy atom. The Bertz CT molecular complexity index is 6540. The van der Waals surface area contributed by atoms with Gasteiger partial charge >= 0.3 is 0 Å². The summed E-state index contributed by atoms with van der Waals surface area (Å²) in [6, 6.07) is 122. The van der Waals surface area contributed by atoms with Gasteiger partial charge in [-0.1, -0.05) is 303 Å². The van der Waals surface area contributed by atoms with Crippen LogP contribution >= 0.6 is 0 Å². The van der Waals surface area contributed by atoms with Crippen LogP contribution in [0.4, 0.5) is 0 Å². The molecule has 6 heterocycles. The molecule has 454 valence electrons. The van der Waals surface area contributed by atoms with E-state index in [1.54, 1.807) is 0 Å². The molecule has 0 fully saturated rings. The van der Waals surface area contributed by atoms with Crippen molar-refractivity contribution in [3.8, 4) is 68.0 Å². The third-order valence-electron chi connectivity index (χ3n) is 20.5. The van der Waals surface area contributed by atoms with Crippen molar-refractivity contribution < 1.29 is 0 Å². The number of pyridine rings is 1. The van der Waals surface area contributed by atoms with E-state index in [0.29, 0.717) is 5.82 Å². The Morgan fingerprint density at radius 2 is 0.510 bits per heavy atom. The first-order chi connectivity index (χ1) is 48.7. The average molecular weight is 1250 g/mol.